The fourth-order valence-electron chi connectivity index (χ4n) is 2.22. The van der Waals surface area contributed by atoms with Crippen molar-refractivity contribution >= 4 is 18.0 Å². The van der Waals surface area contributed by atoms with E-state index in [1.165, 1.54) is 22.2 Å². The Morgan fingerprint density at radius 1 is 1.00 bits per heavy atom. The smallest absolute Gasteiger partial charge is 0.410 e. The number of amides is 2. The van der Waals surface area contributed by atoms with Crippen LogP contribution in [0.15, 0.2) is 12.4 Å². The molecule has 0 atom stereocenters. The number of ether oxygens (including phenoxy) is 1. The van der Waals surface area contributed by atoms with Gasteiger partial charge >= 0.3 is 12.1 Å². The van der Waals surface area contributed by atoms with Gasteiger partial charge in [-0.25, -0.2) is 19.6 Å². The molecule has 1 aromatic heterocycles. The van der Waals surface area contributed by atoms with Crippen LogP contribution in [0.25, 0.3) is 0 Å². The van der Waals surface area contributed by atoms with Gasteiger partial charge in [0.1, 0.15) is 5.60 Å². The van der Waals surface area contributed by atoms with Crippen LogP contribution in [0.3, 0.4) is 0 Å². The number of carboxylic acid groups (broad SMARTS) is 1. The number of aromatic carboxylic acids is 1. The summed E-state index contributed by atoms with van der Waals surface area (Å²) in [5.74, 6) is -1.82. The van der Waals surface area contributed by atoms with Crippen LogP contribution in [0, 0.1) is 0 Å². The lowest BCUT2D eigenvalue weighted by atomic mass is 10.2. The van der Waals surface area contributed by atoms with Crippen LogP contribution < -0.4 is 0 Å². The molecule has 0 spiro atoms. The van der Waals surface area contributed by atoms with E-state index in [2.05, 4.69) is 9.97 Å². The van der Waals surface area contributed by atoms with Crippen molar-refractivity contribution in [1.82, 2.24) is 19.8 Å². The number of rotatable bonds is 2. The average Bonchev–Trinajstić information content (AvgIpc) is 2.52. The first-order valence-electron chi connectivity index (χ1n) is 7.50. The molecule has 24 heavy (non-hydrogen) atoms. The van der Waals surface area contributed by atoms with Crippen molar-refractivity contribution in [1.29, 1.82) is 0 Å². The molecule has 9 heteroatoms. The zero-order valence-electron chi connectivity index (χ0n) is 13.9. The molecule has 1 aliphatic heterocycles. The minimum atomic E-state index is -1.31. The molecule has 0 unspecified atom stereocenters. The lowest BCUT2D eigenvalue weighted by Gasteiger charge is -2.35. The molecule has 1 aromatic rings. The largest absolute Gasteiger partial charge is 0.476 e. The second-order valence-corrected chi connectivity index (χ2v) is 6.32. The van der Waals surface area contributed by atoms with E-state index in [9.17, 15) is 14.4 Å². The Morgan fingerprint density at radius 3 is 2.00 bits per heavy atom. The van der Waals surface area contributed by atoms with Gasteiger partial charge in [0.15, 0.2) is 11.4 Å². The molecular formula is C15H20N4O5. The van der Waals surface area contributed by atoms with E-state index >= 15 is 0 Å². The van der Waals surface area contributed by atoms with E-state index in [1.54, 1.807) is 20.8 Å². The molecule has 0 aliphatic carbocycles. The summed E-state index contributed by atoms with van der Waals surface area (Å²) in [6.07, 6.45) is 2.07. The van der Waals surface area contributed by atoms with Gasteiger partial charge in [-0.05, 0) is 20.8 Å². The Kier molecular flexibility index (Phi) is 5.01. The van der Waals surface area contributed by atoms with Crippen LogP contribution in [-0.2, 0) is 4.74 Å². The van der Waals surface area contributed by atoms with Gasteiger partial charge in [-0.2, -0.15) is 0 Å². The summed E-state index contributed by atoms with van der Waals surface area (Å²) in [5.41, 5.74) is -1.16. The molecule has 0 aromatic carbocycles. The Balaban J connectivity index is 2.01. The van der Waals surface area contributed by atoms with Gasteiger partial charge in [0, 0.05) is 38.6 Å². The molecule has 0 saturated carbocycles. The van der Waals surface area contributed by atoms with Gasteiger partial charge in [0.25, 0.3) is 5.91 Å². The average molecular weight is 336 g/mol. The molecule has 130 valence electrons. The van der Waals surface area contributed by atoms with Crippen LogP contribution in [-0.4, -0.2) is 74.6 Å². The third-order valence-corrected chi connectivity index (χ3v) is 3.32. The van der Waals surface area contributed by atoms with Gasteiger partial charge in [-0.15, -0.1) is 0 Å². The van der Waals surface area contributed by atoms with Crippen molar-refractivity contribution in [3.63, 3.8) is 0 Å². The summed E-state index contributed by atoms with van der Waals surface area (Å²) in [5, 5.41) is 9.09. The Morgan fingerprint density at radius 2 is 1.50 bits per heavy atom. The maximum absolute atomic E-state index is 12.5. The molecule has 1 aliphatic rings. The second-order valence-electron chi connectivity index (χ2n) is 6.32. The number of nitrogens with zero attached hydrogens (tertiary/aromatic N) is 4. The van der Waals surface area contributed by atoms with Crippen molar-refractivity contribution < 1.29 is 24.2 Å². The highest BCUT2D eigenvalue weighted by atomic mass is 16.6. The lowest BCUT2D eigenvalue weighted by molar-refractivity contribution is 0.0140. The molecule has 1 saturated heterocycles. The van der Waals surface area contributed by atoms with E-state index in [0.717, 1.165) is 0 Å². The standard InChI is InChI=1S/C15H20N4O5/c1-15(2,3)24-14(23)19-8-6-18(7-9-19)12(20)10-11(13(21)22)17-5-4-16-10/h4-5H,6-9H2,1-3H3,(H,21,22). The van der Waals surface area contributed by atoms with Crippen LogP contribution in [0.4, 0.5) is 4.79 Å². The van der Waals surface area contributed by atoms with Crippen molar-refractivity contribution in [3.05, 3.63) is 23.8 Å². The van der Waals surface area contributed by atoms with E-state index < -0.39 is 23.6 Å². The third-order valence-electron chi connectivity index (χ3n) is 3.32. The molecule has 2 heterocycles. The fourth-order valence-corrected chi connectivity index (χ4v) is 2.22. The number of hydrogen-bond acceptors (Lipinski definition) is 6. The maximum Gasteiger partial charge on any atom is 0.410 e. The topological polar surface area (TPSA) is 113 Å². The monoisotopic (exact) mass is 336 g/mol. The molecule has 0 bridgehead atoms. The van der Waals surface area contributed by atoms with Gasteiger partial charge < -0.3 is 19.6 Å². The first-order valence-corrected chi connectivity index (χ1v) is 7.50. The summed E-state index contributed by atoms with van der Waals surface area (Å²) < 4.78 is 5.29. The van der Waals surface area contributed by atoms with E-state index in [-0.39, 0.29) is 24.5 Å². The number of aromatic nitrogens is 2. The molecule has 1 fully saturated rings. The Bertz CT molecular complexity index is 648. The molecule has 0 radical (unpaired) electrons. The van der Waals surface area contributed by atoms with Crippen LogP contribution in [0.2, 0.25) is 0 Å². The summed E-state index contributed by atoms with van der Waals surface area (Å²) in [6.45, 7) is 6.51. The summed E-state index contributed by atoms with van der Waals surface area (Å²) in [4.78, 5) is 46.1. The molecular weight excluding hydrogens is 316 g/mol. The van der Waals surface area contributed by atoms with E-state index in [1.807, 2.05) is 0 Å². The number of carboxylic acids is 1. The van der Waals surface area contributed by atoms with Gasteiger partial charge in [-0.3, -0.25) is 4.79 Å². The van der Waals surface area contributed by atoms with Crippen molar-refractivity contribution in [2.24, 2.45) is 0 Å². The number of hydrogen-bond donors (Lipinski definition) is 1. The number of piperazine rings is 1. The second kappa shape index (κ2) is 6.81. The highest BCUT2D eigenvalue weighted by molar-refractivity contribution is 6.02. The van der Waals surface area contributed by atoms with Gasteiger partial charge in [0.05, 0.1) is 0 Å². The maximum atomic E-state index is 12.5. The SMILES string of the molecule is CC(C)(C)OC(=O)N1CCN(C(=O)c2nccnc2C(=O)O)CC1. The van der Waals surface area contributed by atoms with Crippen molar-refractivity contribution in [2.45, 2.75) is 26.4 Å². The minimum absolute atomic E-state index is 0.198. The predicted molar refractivity (Wildman–Crippen MR) is 82.7 cm³/mol. The van der Waals surface area contributed by atoms with Crippen LogP contribution >= 0.6 is 0 Å². The normalized spacial score (nSPS) is 15.1. The quantitative estimate of drug-likeness (QED) is 0.852. The predicted octanol–water partition coefficient (Wildman–Crippen LogP) is 0.868. The molecule has 2 amide bonds. The third kappa shape index (κ3) is 4.18. The summed E-state index contributed by atoms with van der Waals surface area (Å²) in [6, 6.07) is 0. The molecule has 2 rings (SSSR count). The first-order chi connectivity index (χ1) is 11.2. The van der Waals surface area contributed by atoms with Crippen molar-refractivity contribution in [2.75, 3.05) is 26.2 Å². The first kappa shape index (κ1) is 17.6. The van der Waals surface area contributed by atoms with E-state index in [4.69, 9.17) is 9.84 Å². The number of carbonyl (C=O) groups excluding carboxylic acids is 2. The Labute approximate surface area is 139 Å². The summed E-state index contributed by atoms with van der Waals surface area (Å²) >= 11 is 0. The van der Waals surface area contributed by atoms with Crippen LogP contribution in [0.5, 0.6) is 0 Å². The minimum Gasteiger partial charge on any atom is -0.476 e. The van der Waals surface area contributed by atoms with Gasteiger partial charge in [0.2, 0.25) is 0 Å². The zero-order valence-corrected chi connectivity index (χ0v) is 13.9. The zero-order chi connectivity index (χ0) is 17.9. The molecule has 9 nitrogen and oxygen atoms in total. The summed E-state index contributed by atoms with van der Waals surface area (Å²) in [7, 11) is 0. The highest BCUT2D eigenvalue weighted by Gasteiger charge is 2.30. The van der Waals surface area contributed by atoms with Gasteiger partial charge in [-0.1, -0.05) is 0 Å². The highest BCUT2D eigenvalue weighted by Crippen LogP contribution is 2.14. The van der Waals surface area contributed by atoms with E-state index in [0.29, 0.717) is 13.1 Å². The lowest BCUT2D eigenvalue weighted by Crippen LogP contribution is -2.52. The number of carbonyl (C=O) groups is 3. The fraction of sp³-hybridized carbons (Fsp3) is 0.533. The molecule has 1 N–H and O–H groups in total. The van der Waals surface area contributed by atoms with Crippen molar-refractivity contribution in [3.8, 4) is 0 Å². The Hall–Kier alpha value is -2.71. The van der Waals surface area contributed by atoms with Crippen LogP contribution in [0.1, 0.15) is 41.7 Å².